The van der Waals surface area contributed by atoms with Gasteiger partial charge in [-0.3, -0.25) is 0 Å². The second kappa shape index (κ2) is 6.19. The van der Waals surface area contributed by atoms with Gasteiger partial charge in [0.15, 0.2) is 0 Å². The van der Waals surface area contributed by atoms with Crippen molar-refractivity contribution in [3.05, 3.63) is 21.2 Å². The molecule has 0 amide bonds. The summed E-state index contributed by atoms with van der Waals surface area (Å²) < 4.78 is 7.88. The van der Waals surface area contributed by atoms with Crippen molar-refractivity contribution in [1.29, 1.82) is 0 Å². The fourth-order valence-corrected chi connectivity index (χ4v) is 3.45. The molecule has 0 spiro atoms. The van der Waals surface area contributed by atoms with E-state index in [1.807, 2.05) is 6.07 Å². The van der Waals surface area contributed by atoms with Crippen LogP contribution < -0.4 is 4.74 Å². The van der Waals surface area contributed by atoms with Crippen molar-refractivity contribution in [1.82, 2.24) is 4.98 Å². The predicted octanol–water partition coefficient (Wildman–Crippen LogP) is 4.95. The molecule has 2 atom stereocenters. The summed E-state index contributed by atoms with van der Waals surface area (Å²) in [5.74, 6) is 1.54. The Balaban J connectivity index is 2.00. The van der Waals surface area contributed by atoms with E-state index in [9.17, 15) is 0 Å². The highest BCUT2D eigenvalue weighted by Gasteiger charge is 2.23. The molecular formula is C13H17Br2NO. The first-order valence-corrected chi connectivity index (χ1v) is 7.75. The van der Waals surface area contributed by atoms with Crippen LogP contribution in [-0.2, 0) is 0 Å². The van der Waals surface area contributed by atoms with Crippen LogP contribution in [0.2, 0.25) is 0 Å². The minimum atomic E-state index is 0.332. The number of nitrogens with zero attached hydrogens (tertiary/aromatic N) is 1. The van der Waals surface area contributed by atoms with Crippen LogP contribution in [0.5, 0.6) is 5.88 Å². The molecule has 94 valence electrons. The molecule has 1 aromatic rings. The summed E-state index contributed by atoms with van der Waals surface area (Å²) in [5.41, 5.74) is 0. The molecule has 1 aliphatic carbocycles. The molecule has 0 bridgehead atoms. The van der Waals surface area contributed by atoms with E-state index in [4.69, 9.17) is 4.74 Å². The van der Waals surface area contributed by atoms with Gasteiger partial charge in [0, 0.05) is 10.7 Å². The van der Waals surface area contributed by atoms with Crippen LogP contribution in [0, 0.1) is 5.92 Å². The van der Waals surface area contributed by atoms with E-state index in [0.29, 0.717) is 6.10 Å². The van der Waals surface area contributed by atoms with Crippen LogP contribution in [0.1, 0.15) is 39.0 Å². The SMILES string of the molecule is CCC1CCCC(Oc2ncc(Br)cc2Br)C1. The van der Waals surface area contributed by atoms with Crippen molar-refractivity contribution < 1.29 is 4.74 Å². The Bertz CT molecular complexity index is 384. The zero-order chi connectivity index (χ0) is 12.3. The highest BCUT2D eigenvalue weighted by atomic mass is 79.9. The van der Waals surface area contributed by atoms with Gasteiger partial charge < -0.3 is 4.74 Å². The number of halogens is 2. The molecule has 2 nitrogen and oxygen atoms in total. The van der Waals surface area contributed by atoms with Gasteiger partial charge in [0.1, 0.15) is 6.10 Å². The average molecular weight is 363 g/mol. The highest BCUT2D eigenvalue weighted by molar-refractivity contribution is 9.11. The van der Waals surface area contributed by atoms with Crippen LogP contribution >= 0.6 is 31.9 Å². The lowest BCUT2D eigenvalue weighted by atomic mass is 9.85. The van der Waals surface area contributed by atoms with E-state index < -0.39 is 0 Å². The molecule has 17 heavy (non-hydrogen) atoms. The summed E-state index contributed by atoms with van der Waals surface area (Å²) in [6, 6.07) is 1.97. The number of aromatic nitrogens is 1. The van der Waals surface area contributed by atoms with Gasteiger partial charge in [0.25, 0.3) is 0 Å². The lowest BCUT2D eigenvalue weighted by molar-refractivity contribution is 0.116. The molecule has 0 aromatic carbocycles. The van der Waals surface area contributed by atoms with E-state index in [1.54, 1.807) is 6.20 Å². The Hall–Kier alpha value is -0.0900. The maximum Gasteiger partial charge on any atom is 0.228 e. The Kier molecular flexibility index (Phi) is 4.86. The first-order valence-electron chi connectivity index (χ1n) is 6.16. The molecule has 2 rings (SSSR count). The fraction of sp³-hybridized carbons (Fsp3) is 0.615. The Morgan fingerprint density at radius 2 is 2.24 bits per heavy atom. The molecule has 0 aliphatic heterocycles. The van der Waals surface area contributed by atoms with E-state index in [2.05, 4.69) is 43.8 Å². The van der Waals surface area contributed by atoms with E-state index >= 15 is 0 Å². The molecule has 1 aliphatic rings. The number of hydrogen-bond donors (Lipinski definition) is 0. The molecular weight excluding hydrogens is 346 g/mol. The van der Waals surface area contributed by atoms with Crippen molar-refractivity contribution in [3.8, 4) is 5.88 Å². The van der Waals surface area contributed by atoms with Gasteiger partial charge in [0.2, 0.25) is 5.88 Å². The number of rotatable bonds is 3. The third kappa shape index (κ3) is 3.68. The smallest absolute Gasteiger partial charge is 0.228 e. The molecule has 0 radical (unpaired) electrons. The number of hydrogen-bond acceptors (Lipinski definition) is 2. The van der Waals surface area contributed by atoms with Crippen LogP contribution in [0.3, 0.4) is 0 Å². The minimum absolute atomic E-state index is 0.332. The van der Waals surface area contributed by atoms with E-state index in [0.717, 1.165) is 27.2 Å². The molecule has 0 saturated heterocycles. The van der Waals surface area contributed by atoms with Crippen molar-refractivity contribution in [2.24, 2.45) is 5.92 Å². The summed E-state index contributed by atoms with van der Waals surface area (Å²) in [6.07, 6.45) is 8.32. The van der Waals surface area contributed by atoms with Gasteiger partial charge in [0.05, 0.1) is 4.47 Å². The summed E-state index contributed by atoms with van der Waals surface area (Å²) in [6.45, 7) is 2.26. The molecule has 1 saturated carbocycles. The first-order chi connectivity index (χ1) is 8.19. The monoisotopic (exact) mass is 361 g/mol. The van der Waals surface area contributed by atoms with Crippen LogP contribution in [0.25, 0.3) is 0 Å². The Morgan fingerprint density at radius 3 is 2.94 bits per heavy atom. The third-order valence-corrected chi connectivity index (χ3v) is 4.37. The zero-order valence-corrected chi connectivity index (χ0v) is 13.1. The maximum absolute atomic E-state index is 5.99. The topological polar surface area (TPSA) is 22.1 Å². The van der Waals surface area contributed by atoms with Crippen LogP contribution in [0.4, 0.5) is 0 Å². The van der Waals surface area contributed by atoms with Gasteiger partial charge in [-0.05, 0) is 63.1 Å². The van der Waals surface area contributed by atoms with Crippen molar-refractivity contribution in [3.63, 3.8) is 0 Å². The van der Waals surface area contributed by atoms with Crippen molar-refractivity contribution >= 4 is 31.9 Å². The minimum Gasteiger partial charge on any atom is -0.474 e. The second-order valence-electron chi connectivity index (χ2n) is 4.62. The molecule has 1 fully saturated rings. The normalized spacial score (nSPS) is 24.6. The van der Waals surface area contributed by atoms with Gasteiger partial charge in [-0.2, -0.15) is 0 Å². The molecule has 1 heterocycles. The lowest BCUT2D eigenvalue weighted by Gasteiger charge is -2.28. The predicted molar refractivity (Wildman–Crippen MR) is 76.3 cm³/mol. The van der Waals surface area contributed by atoms with Crippen LogP contribution in [0.15, 0.2) is 21.2 Å². The highest BCUT2D eigenvalue weighted by Crippen LogP contribution is 2.32. The third-order valence-electron chi connectivity index (χ3n) is 3.36. The maximum atomic E-state index is 5.99. The number of ether oxygens (including phenoxy) is 1. The average Bonchev–Trinajstić information content (AvgIpc) is 2.33. The second-order valence-corrected chi connectivity index (χ2v) is 6.39. The summed E-state index contributed by atoms with van der Waals surface area (Å²) in [5, 5.41) is 0. The summed E-state index contributed by atoms with van der Waals surface area (Å²) in [4.78, 5) is 4.31. The van der Waals surface area contributed by atoms with Gasteiger partial charge in [-0.1, -0.05) is 19.8 Å². The Labute approximate surface area is 119 Å². The fourth-order valence-electron chi connectivity index (χ4n) is 2.37. The van der Waals surface area contributed by atoms with Crippen molar-refractivity contribution in [2.75, 3.05) is 0 Å². The summed E-state index contributed by atoms with van der Waals surface area (Å²) >= 11 is 6.88. The lowest BCUT2D eigenvalue weighted by Crippen LogP contribution is -2.25. The van der Waals surface area contributed by atoms with E-state index in [-0.39, 0.29) is 0 Å². The molecule has 0 N–H and O–H groups in total. The molecule has 2 unspecified atom stereocenters. The largest absolute Gasteiger partial charge is 0.474 e. The van der Waals surface area contributed by atoms with Gasteiger partial charge >= 0.3 is 0 Å². The van der Waals surface area contributed by atoms with Gasteiger partial charge in [-0.25, -0.2) is 4.98 Å². The first kappa shape index (κ1) is 13.3. The quantitative estimate of drug-likeness (QED) is 0.758. The Morgan fingerprint density at radius 1 is 1.41 bits per heavy atom. The van der Waals surface area contributed by atoms with Gasteiger partial charge in [-0.15, -0.1) is 0 Å². The number of pyridine rings is 1. The standard InChI is InChI=1S/C13H17Br2NO/c1-2-9-4-3-5-11(6-9)17-13-12(15)7-10(14)8-16-13/h7-9,11H,2-6H2,1H3. The van der Waals surface area contributed by atoms with Crippen LogP contribution in [-0.4, -0.2) is 11.1 Å². The summed E-state index contributed by atoms with van der Waals surface area (Å²) in [7, 11) is 0. The van der Waals surface area contributed by atoms with E-state index in [1.165, 1.54) is 25.7 Å². The molecule has 1 aromatic heterocycles. The van der Waals surface area contributed by atoms with Crippen molar-refractivity contribution in [2.45, 2.75) is 45.1 Å². The molecule has 4 heteroatoms. The zero-order valence-electron chi connectivity index (χ0n) is 9.96.